The molecular formula is C65H79IN4. The van der Waals surface area contributed by atoms with E-state index in [1.54, 1.807) is 0 Å². The predicted octanol–water partition coefficient (Wildman–Crippen LogP) is 20.4. The van der Waals surface area contributed by atoms with Crippen LogP contribution in [0.1, 0.15) is 251 Å². The average molecular weight is 1040 g/mol. The van der Waals surface area contributed by atoms with Gasteiger partial charge in [0.25, 0.3) is 0 Å². The van der Waals surface area contributed by atoms with Crippen LogP contribution in [0, 0.1) is 3.57 Å². The van der Waals surface area contributed by atoms with Crippen molar-refractivity contribution in [1.29, 1.82) is 0 Å². The van der Waals surface area contributed by atoms with Gasteiger partial charge in [-0.15, -0.1) is 0 Å². The minimum absolute atomic E-state index is 0.276. The molecule has 2 N–H and O–H groups in total. The molecule has 6 aromatic rings. The first kappa shape index (κ1) is 51.3. The molecule has 0 radical (unpaired) electrons. The first-order valence-electron chi connectivity index (χ1n) is 26.4. The van der Waals surface area contributed by atoms with Crippen LogP contribution >= 0.6 is 22.6 Å². The maximum Gasteiger partial charge on any atom is 0.0792 e. The predicted molar refractivity (Wildman–Crippen MR) is 315 cm³/mol. The van der Waals surface area contributed by atoms with Gasteiger partial charge in [-0.2, -0.15) is 0 Å². The lowest BCUT2D eigenvalue weighted by Gasteiger charge is -2.24. The highest BCUT2D eigenvalue weighted by Crippen LogP contribution is 2.47. The Hall–Kier alpha value is -5.01. The standard InChI is InChI=1S/C65H79IN4/c1-33(2)42-27-45(36(7)8)59(46(28-42)37(9)10)62-51-19-21-53(67-51)63(60-47(38(11)12)29-43(34(3)4)30-48(60)39(13)14)55-23-25-57(69-55)65(66)58-26-24-56(70-58)64(54-22-20-52(62)68-54)61-49(40(15)16)31-44(35(5)6)32-50(61)41(17)18/h19-41,67,70H,1-18H3. The van der Waals surface area contributed by atoms with Crippen molar-refractivity contribution in [2.45, 2.75) is 178 Å². The molecule has 0 saturated heterocycles. The summed E-state index contributed by atoms with van der Waals surface area (Å²) in [6.07, 6.45) is 9.06. The molecule has 4 nitrogen and oxygen atoms in total. The lowest BCUT2D eigenvalue weighted by molar-refractivity contribution is 0.807. The number of hydrogen-bond donors (Lipinski definition) is 2. The fourth-order valence-electron chi connectivity index (χ4n) is 10.7. The van der Waals surface area contributed by atoms with E-state index in [9.17, 15) is 0 Å². The van der Waals surface area contributed by atoms with Crippen molar-refractivity contribution in [3.05, 3.63) is 137 Å². The largest absolute Gasteiger partial charge is 0.354 e. The molecule has 2 aliphatic heterocycles. The summed E-state index contributed by atoms with van der Waals surface area (Å²) in [7, 11) is 0. The third-order valence-corrected chi connectivity index (χ3v) is 16.0. The normalized spacial score (nSPS) is 13.0. The minimum atomic E-state index is 0.276. The number of aromatic amines is 2. The van der Waals surface area contributed by atoms with Crippen molar-refractivity contribution >= 4 is 69.0 Å². The van der Waals surface area contributed by atoms with Gasteiger partial charge < -0.3 is 9.97 Å². The molecule has 70 heavy (non-hydrogen) atoms. The molecule has 0 saturated carbocycles. The number of halogens is 1. The molecule has 0 atom stereocenters. The number of benzene rings is 3. The van der Waals surface area contributed by atoms with Crippen molar-refractivity contribution in [2.75, 3.05) is 0 Å². The Bertz CT molecular complexity index is 3050. The maximum absolute atomic E-state index is 5.91. The van der Waals surface area contributed by atoms with Crippen molar-refractivity contribution in [3.8, 4) is 33.4 Å². The molecule has 3 aromatic carbocycles. The Morgan fingerprint density at radius 3 is 0.786 bits per heavy atom. The van der Waals surface area contributed by atoms with E-state index in [2.05, 4.69) is 242 Å². The molecule has 0 unspecified atom stereocenters. The highest BCUT2D eigenvalue weighted by molar-refractivity contribution is 14.1. The van der Waals surface area contributed by atoms with Crippen LogP contribution in [0.3, 0.4) is 0 Å². The lowest BCUT2D eigenvalue weighted by atomic mass is 9.81. The molecule has 5 heteroatoms. The lowest BCUT2D eigenvalue weighted by Crippen LogP contribution is -2.05. The van der Waals surface area contributed by atoms with Gasteiger partial charge in [0.2, 0.25) is 0 Å². The number of nitrogens with zero attached hydrogens (tertiary/aromatic N) is 2. The van der Waals surface area contributed by atoms with Crippen LogP contribution < -0.4 is 0 Å². The third kappa shape index (κ3) is 9.58. The van der Waals surface area contributed by atoms with Crippen LogP contribution in [0.4, 0.5) is 0 Å². The number of nitrogens with one attached hydrogen (secondary N) is 2. The first-order valence-corrected chi connectivity index (χ1v) is 27.5. The summed E-state index contributed by atoms with van der Waals surface area (Å²) in [6.45, 7) is 42.1. The Morgan fingerprint density at radius 2 is 0.529 bits per heavy atom. The van der Waals surface area contributed by atoms with Gasteiger partial charge in [0.15, 0.2) is 0 Å². The zero-order chi connectivity index (χ0) is 50.8. The van der Waals surface area contributed by atoms with Crippen LogP contribution in [0.5, 0.6) is 0 Å². The van der Waals surface area contributed by atoms with Gasteiger partial charge >= 0.3 is 0 Å². The van der Waals surface area contributed by atoms with Gasteiger partial charge in [0.1, 0.15) is 0 Å². The molecule has 3 aromatic heterocycles. The number of H-pyrrole nitrogens is 2. The summed E-state index contributed by atoms with van der Waals surface area (Å²) in [6, 6.07) is 24.0. The average Bonchev–Trinajstić information content (AvgIpc) is 4.15. The van der Waals surface area contributed by atoms with Gasteiger partial charge in [-0.3, -0.25) is 0 Å². The summed E-state index contributed by atoms with van der Waals surface area (Å²) < 4.78 is 1.08. The molecule has 8 rings (SSSR count). The molecule has 0 amide bonds. The summed E-state index contributed by atoms with van der Waals surface area (Å²) in [5.74, 6) is 2.94. The monoisotopic (exact) mass is 1040 g/mol. The van der Waals surface area contributed by atoms with Gasteiger partial charge in [-0.05, 0) is 191 Å². The van der Waals surface area contributed by atoms with E-state index in [0.29, 0.717) is 41.4 Å². The molecule has 0 fully saturated rings. The van der Waals surface area contributed by atoms with E-state index in [0.717, 1.165) is 65.1 Å². The van der Waals surface area contributed by atoms with E-state index >= 15 is 0 Å². The Morgan fingerprint density at radius 1 is 0.300 bits per heavy atom. The van der Waals surface area contributed by atoms with Crippen LogP contribution in [-0.4, -0.2) is 19.9 Å². The molecule has 8 bridgehead atoms. The zero-order valence-corrected chi connectivity index (χ0v) is 47.7. The second kappa shape index (κ2) is 20.2. The Labute approximate surface area is 434 Å². The molecule has 366 valence electrons. The first-order chi connectivity index (χ1) is 33.1. The zero-order valence-electron chi connectivity index (χ0n) is 45.6. The second-order valence-electron chi connectivity index (χ2n) is 23.1. The van der Waals surface area contributed by atoms with E-state index in [1.807, 2.05) is 0 Å². The van der Waals surface area contributed by atoms with Crippen molar-refractivity contribution in [2.24, 2.45) is 0 Å². The highest BCUT2D eigenvalue weighted by atomic mass is 127. The number of hydrogen-bond acceptors (Lipinski definition) is 2. The highest BCUT2D eigenvalue weighted by Gasteiger charge is 2.28. The van der Waals surface area contributed by atoms with Gasteiger partial charge in [-0.25, -0.2) is 9.97 Å². The van der Waals surface area contributed by atoms with Crippen LogP contribution in [0.25, 0.3) is 79.8 Å². The SMILES string of the molecule is CC(C)c1cc(C(C)C)c(-c2c3nc(c(-c4c(C(C)C)cc(C(C)C)cc4C(C)C)c4ccc([nH]4)c(-c4c(C(C)C)cc(C(C)C)cc4C(C)C)c4nc(c(I)c5ccc2[nH]5)C=C4)C=C3)c(C(C)C)c1. The molecular weight excluding hydrogens is 964 g/mol. The van der Waals surface area contributed by atoms with E-state index in [4.69, 9.17) is 9.97 Å². The number of aromatic nitrogens is 4. The van der Waals surface area contributed by atoms with E-state index in [1.165, 1.54) is 66.8 Å². The van der Waals surface area contributed by atoms with Crippen molar-refractivity contribution < 1.29 is 0 Å². The van der Waals surface area contributed by atoms with Crippen molar-refractivity contribution in [3.63, 3.8) is 0 Å². The minimum Gasteiger partial charge on any atom is -0.354 e. The van der Waals surface area contributed by atoms with Gasteiger partial charge in [0.05, 0.1) is 31.9 Å². The molecule has 2 aliphatic rings. The van der Waals surface area contributed by atoms with Crippen molar-refractivity contribution in [1.82, 2.24) is 19.9 Å². The fourth-order valence-corrected chi connectivity index (χ4v) is 11.3. The van der Waals surface area contributed by atoms with E-state index in [-0.39, 0.29) is 11.8 Å². The third-order valence-electron chi connectivity index (χ3n) is 14.8. The number of rotatable bonds is 12. The second-order valence-corrected chi connectivity index (χ2v) is 24.1. The molecule has 5 heterocycles. The van der Waals surface area contributed by atoms with Crippen LogP contribution in [0.2, 0.25) is 0 Å². The maximum atomic E-state index is 5.91. The summed E-state index contributed by atoms with van der Waals surface area (Å²) in [5, 5.41) is 0. The topological polar surface area (TPSA) is 57.4 Å². The van der Waals surface area contributed by atoms with Gasteiger partial charge in [0, 0.05) is 33.2 Å². The Kier molecular flexibility index (Phi) is 14.8. The molecule has 0 spiro atoms. The summed E-state index contributed by atoms with van der Waals surface area (Å²) >= 11 is 2.52. The number of fused-ring (bicyclic) bond motifs is 8. The smallest absolute Gasteiger partial charge is 0.0792 e. The van der Waals surface area contributed by atoms with Gasteiger partial charge in [-0.1, -0.05) is 161 Å². The summed E-state index contributed by atoms with van der Waals surface area (Å²) in [5.41, 5.74) is 27.7. The quantitative estimate of drug-likeness (QED) is 0.120. The fraction of sp³-hybridized carbons (Fsp3) is 0.415. The Balaban J connectivity index is 1.66. The van der Waals surface area contributed by atoms with Crippen LogP contribution in [0.15, 0.2) is 60.7 Å². The van der Waals surface area contributed by atoms with E-state index < -0.39 is 0 Å². The summed E-state index contributed by atoms with van der Waals surface area (Å²) in [4.78, 5) is 19.7. The van der Waals surface area contributed by atoms with Crippen LogP contribution in [-0.2, 0) is 0 Å². The molecule has 0 aliphatic carbocycles.